The summed E-state index contributed by atoms with van der Waals surface area (Å²) in [6.45, 7) is 3.57. The van der Waals surface area contributed by atoms with Crippen LogP contribution in [0.2, 0.25) is 0 Å². The molecule has 0 aliphatic rings. The van der Waals surface area contributed by atoms with Crippen LogP contribution in [0.15, 0.2) is 18.2 Å². The van der Waals surface area contributed by atoms with E-state index in [2.05, 4.69) is 5.32 Å². The Kier molecular flexibility index (Phi) is 6.31. The molecule has 0 bridgehead atoms. The Hall–Kier alpha value is -1.75. The van der Waals surface area contributed by atoms with Gasteiger partial charge in [-0.2, -0.15) is 0 Å². The first kappa shape index (κ1) is 16.3. The summed E-state index contributed by atoms with van der Waals surface area (Å²) >= 11 is 0. The van der Waals surface area contributed by atoms with E-state index >= 15 is 0 Å². The lowest BCUT2D eigenvalue weighted by Gasteiger charge is -2.16. The second-order valence-electron chi connectivity index (χ2n) is 4.91. The van der Waals surface area contributed by atoms with Crippen LogP contribution >= 0.6 is 0 Å². The summed E-state index contributed by atoms with van der Waals surface area (Å²) in [6.07, 6.45) is 0.337. The van der Waals surface area contributed by atoms with E-state index in [1.54, 1.807) is 33.3 Å². The van der Waals surface area contributed by atoms with Crippen LogP contribution in [0, 0.1) is 0 Å². The Balaban J connectivity index is 2.66. The van der Waals surface area contributed by atoms with Crippen LogP contribution < -0.4 is 14.8 Å². The van der Waals surface area contributed by atoms with Crippen molar-refractivity contribution in [2.45, 2.75) is 38.8 Å². The molecule has 0 aromatic heterocycles. The lowest BCUT2D eigenvalue weighted by molar-refractivity contribution is -0.121. The molecule has 0 saturated carbocycles. The average molecular weight is 281 g/mol. The van der Waals surface area contributed by atoms with Gasteiger partial charge in [-0.3, -0.25) is 4.79 Å². The van der Waals surface area contributed by atoms with Crippen LogP contribution in [0.4, 0.5) is 0 Å². The SMILES string of the molecule is COc1ccc(CC(=O)NC(C)CC(C)O)c(OC)c1. The normalized spacial score (nSPS) is 13.4. The number of aliphatic hydroxyl groups excluding tert-OH is 1. The predicted molar refractivity (Wildman–Crippen MR) is 77.2 cm³/mol. The lowest BCUT2D eigenvalue weighted by Crippen LogP contribution is -2.35. The summed E-state index contributed by atoms with van der Waals surface area (Å²) in [4.78, 5) is 11.9. The van der Waals surface area contributed by atoms with Crippen LogP contribution in [-0.4, -0.2) is 37.4 Å². The van der Waals surface area contributed by atoms with Crippen LogP contribution in [0.3, 0.4) is 0 Å². The Morgan fingerprint density at radius 1 is 1.30 bits per heavy atom. The zero-order valence-electron chi connectivity index (χ0n) is 12.5. The van der Waals surface area contributed by atoms with Crippen molar-refractivity contribution in [1.29, 1.82) is 0 Å². The smallest absolute Gasteiger partial charge is 0.224 e. The molecule has 0 aliphatic heterocycles. The van der Waals surface area contributed by atoms with Crippen molar-refractivity contribution >= 4 is 5.91 Å². The van der Waals surface area contributed by atoms with Crippen LogP contribution in [-0.2, 0) is 11.2 Å². The maximum Gasteiger partial charge on any atom is 0.224 e. The van der Waals surface area contributed by atoms with Crippen molar-refractivity contribution in [2.24, 2.45) is 0 Å². The van der Waals surface area contributed by atoms with Gasteiger partial charge in [-0.1, -0.05) is 6.07 Å². The van der Waals surface area contributed by atoms with Crippen molar-refractivity contribution in [3.63, 3.8) is 0 Å². The van der Waals surface area contributed by atoms with Gasteiger partial charge in [0.15, 0.2) is 0 Å². The first-order chi connectivity index (χ1) is 9.46. The molecule has 2 N–H and O–H groups in total. The fourth-order valence-corrected chi connectivity index (χ4v) is 2.07. The Morgan fingerprint density at radius 2 is 2.00 bits per heavy atom. The largest absolute Gasteiger partial charge is 0.497 e. The van der Waals surface area contributed by atoms with Crippen molar-refractivity contribution < 1.29 is 19.4 Å². The minimum absolute atomic E-state index is 0.0632. The van der Waals surface area contributed by atoms with Gasteiger partial charge in [0.25, 0.3) is 0 Å². The summed E-state index contributed by atoms with van der Waals surface area (Å²) in [5, 5.41) is 12.1. The third-order valence-electron chi connectivity index (χ3n) is 2.95. The van der Waals surface area contributed by atoms with Gasteiger partial charge in [0.2, 0.25) is 5.91 Å². The highest BCUT2D eigenvalue weighted by atomic mass is 16.5. The number of hydrogen-bond acceptors (Lipinski definition) is 4. The highest BCUT2D eigenvalue weighted by Crippen LogP contribution is 2.24. The Morgan fingerprint density at radius 3 is 2.55 bits per heavy atom. The first-order valence-electron chi connectivity index (χ1n) is 6.64. The second-order valence-corrected chi connectivity index (χ2v) is 4.91. The number of rotatable bonds is 7. The second kappa shape index (κ2) is 7.75. The number of methoxy groups -OCH3 is 2. The lowest BCUT2D eigenvalue weighted by atomic mass is 10.1. The number of hydrogen-bond donors (Lipinski definition) is 2. The van der Waals surface area contributed by atoms with E-state index in [4.69, 9.17) is 9.47 Å². The number of nitrogens with one attached hydrogen (secondary N) is 1. The fourth-order valence-electron chi connectivity index (χ4n) is 2.07. The van der Waals surface area contributed by atoms with Gasteiger partial charge in [-0.25, -0.2) is 0 Å². The molecule has 1 rings (SSSR count). The van der Waals surface area contributed by atoms with E-state index in [1.165, 1.54) is 0 Å². The van der Waals surface area contributed by atoms with Gasteiger partial charge in [-0.15, -0.1) is 0 Å². The molecule has 1 aromatic rings. The third-order valence-corrected chi connectivity index (χ3v) is 2.95. The standard InChI is InChI=1S/C15H23NO4/c1-10(7-11(2)17)16-15(18)8-12-5-6-13(19-3)9-14(12)20-4/h5-6,9-11,17H,7-8H2,1-4H3,(H,16,18). The molecular weight excluding hydrogens is 258 g/mol. The minimum atomic E-state index is -0.430. The molecule has 1 amide bonds. The molecule has 0 aliphatic carbocycles. The quantitative estimate of drug-likeness (QED) is 0.795. The minimum Gasteiger partial charge on any atom is -0.497 e. The summed E-state index contributed by atoms with van der Waals surface area (Å²) in [6, 6.07) is 5.30. The molecule has 5 heteroatoms. The van der Waals surface area contributed by atoms with Gasteiger partial charge < -0.3 is 19.9 Å². The molecule has 0 radical (unpaired) electrons. The summed E-state index contributed by atoms with van der Waals surface area (Å²) in [5.41, 5.74) is 0.801. The molecule has 2 atom stereocenters. The van der Waals surface area contributed by atoms with Gasteiger partial charge in [0.05, 0.1) is 26.7 Å². The molecule has 20 heavy (non-hydrogen) atoms. The van der Waals surface area contributed by atoms with Crippen LogP contribution in [0.1, 0.15) is 25.8 Å². The number of carbonyl (C=O) groups is 1. The number of aliphatic hydroxyl groups is 1. The van der Waals surface area contributed by atoms with Gasteiger partial charge in [0.1, 0.15) is 11.5 Å². The summed E-state index contributed by atoms with van der Waals surface area (Å²) < 4.78 is 10.4. The van der Waals surface area contributed by atoms with Crippen LogP contribution in [0.5, 0.6) is 11.5 Å². The monoisotopic (exact) mass is 281 g/mol. The molecule has 0 spiro atoms. The predicted octanol–water partition coefficient (Wildman–Crippen LogP) is 1.52. The molecule has 2 unspecified atom stereocenters. The zero-order valence-corrected chi connectivity index (χ0v) is 12.5. The molecular formula is C15H23NO4. The third kappa shape index (κ3) is 5.09. The molecule has 0 heterocycles. The average Bonchev–Trinajstić information content (AvgIpc) is 2.37. The number of amides is 1. The van der Waals surface area contributed by atoms with Crippen molar-refractivity contribution in [3.8, 4) is 11.5 Å². The molecule has 5 nitrogen and oxygen atoms in total. The van der Waals surface area contributed by atoms with E-state index in [0.717, 1.165) is 5.56 Å². The van der Waals surface area contributed by atoms with Gasteiger partial charge in [-0.05, 0) is 26.3 Å². The van der Waals surface area contributed by atoms with Gasteiger partial charge >= 0.3 is 0 Å². The van der Waals surface area contributed by atoms with Crippen LogP contribution in [0.25, 0.3) is 0 Å². The Labute approximate surface area is 119 Å². The van der Waals surface area contributed by atoms with E-state index in [0.29, 0.717) is 17.9 Å². The Bertz CT molecular complexity index is 445. The van der Waals surface area contributed by atoms with Crippen molar-refractivity contribution in [2.75, 3.05) is 14.2 Å². The zero-order chi connectivity index (χ0) is 15.1. The highest BCUT2D eigenvalue weighted by molar-refractivity contribution is 5.79. The van der Waals surface area contributed by atoms with E-state index in [-0.39, 0.29) is 18.4 Å². The first-order valence-corrected chi connectivity index (χ1v) is 6.64. The van der Waals surface area contributed by atoms with E-state index in [9.17, 15) is 9.90 Å². The molecule has 0 fully saturated rings. The van der Waals surface area contributed by atoms with Crippen molar-refractivity contribution in [1.82, 2.24) is 5.32 Å². The van der Waals surface area contributed by atoms with Crippen molar-refractivity contribution in [3.05, 3.63) is 23.8 Å². The maximum absolute atomic E-state index is 11.9. The number of carbonyl (C=O) groups excluding carboxylic acids is 1. The van der Waals surface area contributed by atoms with E-state index in [1.807, 2.05) is 13.0 Å². The van der Waals surface area contributed by atoms with Gasteiger partial charge in [0, 0.05) is 17.7 Å². The summed E-state index contributed by atoms with van der Waals surface area (Å²) in [7, 11) is 3.14. The number of benzene rings is 1. The topological polar surface area (TPSA) is 67.8 Å². The summed E-state index contributed by atoms with van der Waals surface area (Å²) in [5.74, 6) is 1.22. The highest BCUT2D eigenvalue weighted by Gasteiger charge is 2.13. The fraction of sp³-hybridized carbons (Fsp3) is 0.533. The molecule has 0 saturated heterocycles. The molecule has 1 aromatic carbocycles. The maximum atomic E-state index is 11.9. The molecule has 112 valence electrons. The van der Waals surface area contributed by atoms with E-state index < -0.39 is 6.10 Å². The number of ether oxygens (including phenoxy) is 2.